The number of fused-ring (bicyclic) bond motifs is 1. The van der Waals surface area contributed by atoms with Crippen LogP contribution in [0.4, 0.5) is 0 Å². The van der Waals surface area contributed by atoms with Crippen molar-refractivity contribution in [2.24, 2.45) is 0 Å². The SMILES string of the molecule is COc1ccc(/C=C(/C#N)c2ccc3ccccc3c2)cc1OCc1ccccc1. The second-order valence-electron chi connectivity index (χ2n) is 6.92. The number of allylic oxidation sites excluding steroid dienone is 1. The van der Waals surface area contributed by atoms with Gasteiger partial charge in [0.1, 0.15) is 6.61 Å². The molecular formula is C27H21NO2. The number of rotatable bonds is 6. The zero-order chi connectivity index (χ0) is 20.8. The number of nitrogens with zero attached hydrogens (tertiary/aromatic N) is 1. The van der Waals surface area contributed by atoms with Crippen molar-refractivity contribution in [3.8, 4) is 17.6 Å². The molecule has 4 aromatic carbocycles. The summed E-state index contributed by atoms with van der Waals surface area (Å²) in [6.07, 6.45) is 1.87. The van der Waals surface area contributed by atoms with Gasteiger partial charge in [-0.05, 0) is 51.7 Å². The maximum atomic E-state index is 9.76. The summed E-state index contributed by atoms with van der Waals surface area (Å²) < 4.78 is 11.4. The molecule has 0 aliphatic heterocycles. The molecule has 0 atom stereocenters. The predicted molar refractivity (Wildman–Crippen MR) is 121 cm³/mol. The molecule has 0 N–H and O–H groups in total. The first-order valence-corrected chi connectivity index (χ1v) is 9.72. The normalized spacial score (nSPS) is 11.1. The van der Waals surface area contributed by atoms with Gasteiger partial charge in [-0.15, -0.1) is 0 Å². The first kappa shape index (κ1) is 19.3. The minimum Gasteiger partial charge on any atom is -0.493 e. The van der Waals surface area contributed by atoms with Crippen LogP contribution in [0.3, 0.4) is 0 Å². The van der Waals surface area contributed by atoms with Crippen LogP contribution in [0.15, 0.2) is 91.0 Å². The Kier molecular flexibility index (Phi) is 5.78. The van der Waals surface area contributed by atoms with Gasteiger partial charge >= 0.3 is 0 Å². The minimum absolute atomic E-state index is 0.445. The van der Waals surface area contributed by atoms with E-state index in [0.29, 0.717) is 23.7 Å². The minimum atomic E-state index is 0.445. The van der Waals surface area contributed by atoms with Crippen LogP contribution in [0.25, 0.3) is 22.4 Å². The molecule has 3 nitrogen and oxygen atoms in total. The highest BCUT2D eigenvalue weighted by molar-refractivity contribution is 5.94. The molecule has 0 aliphatic rings. The summed E-state index contributed by atoms with van der Waals surface area (Å²) in [5, 5.41) is 12.0. The first-order chi connectivity index (χ1) is 14.8. The number of nitriles is 1. The van der Waals surface area contributed by atoms with Gasteiger partial charge in [0.15, 0.2) is 11.5 Å². The van der Waals surface area contributed by atoms with Crippen molar-refractivity contribution in [3.63, 3.8) is 0 Å². The monoisotopic (exact) mass is 391 g/mol. The third-order valence-corrected chi connectivity index (χ3v) is 4.92. The number of hydrogen-bond donors (Lipinski definition) is 0. The van der Waals surface area contributed by atoms with Crippen LogP contribution in [0.2, 0.25) is 0 Å². The van der Waals surface area contributed by atoms with Gasteiger partial charge in [0.2, 0.25) is 0 Å². The largest absolute Gasteiger partial charge is 0.493 e. The van der Waals surface area contributed by atoms with Crippen LogP contribution in [0.1, 0.15) is 16.7 Å². The van der Waals surface area contributed by atoms with Crippen molar-refractivity contribution < 1.29 is 9.47 Å². The zero-order valence-corrected chi connectivity index (χ0v) is 16.7. The summed E-state index contributed by atoms with van der Waals surface area (Å²) in [6.45, 7) is 0.445. The van der Waals surface area contributed by atoms with E-state index in [2.05, 4.69) is 18.2 Å². The second kappa shape index (κ2) is 8.98. The third kappa shape index (κ3) is 4.34. The standard InChI is InChI=1S/C27H21NO2/c1-29-26-14-11-21(16-27(26)30-19-20-7-3-2-4-8-20)15-25(18-28)24-13-12-22-9-5-6-10-23(22)17-24/h2-17H,19H2,1H3/b25-15-. The topological polar surface area (TPSA) is 42.2 Å². The summed E-state index contributed by atoms with van der Waals surface area (Å²) in [5.41, 5.74) is 3.44. The molecule has 0 spiro atoms. The van der Waals surface area contributed by atoms with E-state index in [-0.39, 0.29) is 0 Å². The number of hydrogen-bond acceptors (Lipinski definition) is 3. The molecule has 146 valence electrons. The first-order valence-electron chi connectivity index (χ1n) is 9.72. The lowest BCUT2D eigenvalue weighted by Gasteiger charge is -2.12. The molecule has 4 rings (SSSR count). The van der Waals surface area contributed by atoms with Crippen molar-refractivity contribution >= 4 is 22.4 Å². The average Bonchev–Trinajstić information content (AvgIpc) is 2.81. The van der Waals surface area contributed by atoms with Gasteiger partial charge in [0, 0.05) is 0 Å². The Morgan fingerprint density at radius 3 is 2.37 bits per heavy atom. The summed E-state index contributed by atoms with van der Waals surface area (Å²) in [6, 6.07) is 32.2. The molecule has 0 aliphatic carbocycles. The second-order valence-corrected chi connectivity index (χ2v) is 6.92. The summed E-state index contributed by atoms with van der Waals surface area (Å²) in [4.78, 5) is 0. The van der Waals surface area contributed by atoms with Crippen LogP contribution in [-0.2, 0) is 6.61 Å². The van der Waals surface area contributed by atoms with Crippen LogP contribution in [0, 0.1) is 11.3 Å². The number of ether oxygens (including phenoxy) is 2. The van der Waals surface area contributed by atoms with Crippen molar-refractivity contribution in [2.45, 2.75) is 6.61 Å². The van der Waals surface area contributed by atoms with Crippen LogP contribution >= 0.6 is 0 Å². The van der Waals surface area contributed by atoms with E-state index >= 15 is 0 Å². The predicted octanol–water partition coefficient (Wildman–Crippen LogP) is 6.49. The van der Waals surface area contributed by atoms with Gasteiger partial charge in [-0.25, -0.2) is 0 Å². The van der Waals surface area contributed by atoms with Crippen molar-refractivity contribution in [1.29, 1.82) is 5.26 Å². The van der Waals surface area contributed by atoms with Crippen LogP contribution < -0.4 is 9.47 Å². The molecule has 0 bridgehead atoms. The smallest absolute Gasteiger partial charge is 0.162 e. The molecule has 0 fully saturated rings. The number of methoxy groups -OCH3 is 1. The molecule has 30 heavy (non-hydrogen) atoms. The van der Waals surface area contributed by atoms with Gasteiger partial charge in [0.25, 0.3) is 0 Å². The Morgan fingerprint density at radius 2 is 1.60 bits per heavy atom. The molecule has 0 unspecified atom stereocenters. The Morgan fingerprint density at radius 1 is 0.833 bits per heavy atom. The lowest BCUT2D eigenvalue weighted by atomic mass is 10.00. The van der Waals surface area contributed by atoms with E-state index in [1.165, 1.54) is 0 Å². The van der Waals surface area contributed by atoms with Gasteiger partial charge in [-0.3, -0.25) is 0 Å². The quantitative estimate of drug-likeness (QED) is 0.279. The lowest BCUT2D eigenvalue weighted by molar-refractivity contribution is 0.284. The van der Waals surface area contributed by atoms with Gasteiger partial charge < -0.3 is 9.47 Å². The Balaban J connectivity index is 1.64. The number of benzene rings is 4. The average molecular weight is 391 g/mol. The van der Waals surface area contributed by atoms with E-state index in [0.717, 1.165) is 27.5 Å². The van der Waals surface area contributed by atoms with E-state index in [4.69, 9.17) is 9.47 Å². The fourth-order valence-corrected chi connectivity index (χ4v) is 3.33. The fourth-order valence-electron chi connectivity index (χ4n) is 3.33. The molecule has 0 aromatic heterocycles. The highest BCUT2D eigenvalue weighted by Gasteiger charge is 2.08. The van der Waals surface area contributed by atoms with E-state index < -0.39 is 0 Å². The molecule has 0 heterocycles. The van der Waals surface area contributed by atoms with Crippen molar-refractivity contribution in [1.82, 2.24) is 0 Å². The molecule has 0 saturated heterocycles. The van der Waals surface area contributed by atoms with E-state index in [1.54, 1.807) is 7.11 Å². The van der Waals surface area contributed by atoms with Crippen molar-refractivity contribution in [2.75, 3.05) is 7.11 Å². The fraction of sp³-hybridized carbons (Fsp3) is 0.0741. The molecule has 0 amide bonds. The summed E-state index contributed by atoms with van der Waals surface area (Å²) >= 11 is 0. The van der Waals surface area contributed by atoms with Gasteiger partial charge in [-0.1, -0.05) is 72.8 Å². The Bertz CT molecular complexity index is 1240. The van der Waals surface area contributed by atoms with Crippen LogP contribution in [-0.4, -0.2) is 7.11 Å². The molecular weight excluding hydrogens is 370 g/mol. The maximum absolute atomic E-state index is 9.76. The highest BCUT2D eigenvalue weighted by Crippen LogP contribution is 2.31. The third-order valence-electron chi connectivity index (χ3n) is 4.92. The zero-order valence-electron chi connectivity index (χ0n) is 16.7. The highest BCUT2D eigenvalue weighted by atomic mass is 16.5. The van der Waals surface area contributed by atoms with Gasteiger partial charge in [-0.2, -0.15) is 5.26 Å². The van der Waals surface area contributed by atoms with E-state index in [9.17, 15) is 5.26 Å². The van der Waals surface area contributed by atoms with E-state index in [1.807, 2.05) is 84.9 Å². The Hall–Kier alpha value is -4.03. The maximum Gasteiger partial charge on any atom is 0.162 e. The molecule has 4 aromatic rings. The van der Waals surface area contributed by atoms with Crippen LogP contribution in [0.5, 0.6) is 11.5 Å². The summed E-state index contributed by atoms with van der Waals surface area (Å²) in [5.74, 6) is 1.30. The molecule has 0 radical (unpaired) electrons. The van der Waals surface area contributed by atoms with Gasteiger partial charge in [0.05, 0.1) is 18.8 Å². The summed E-state index contributed by atoms with van der Waals surface area (Å²) in [7, 11) is 1.62. The molecule has 3 heteroatoms. The molecule has 0 saturated carbocycles. The lowest BCUT2D eigenvalue weighted by Crippen LogP contribution is -1.98. The van der Waals surface area contributed by atoms with Crippen molar-refractivity contribution in [3.05, 3.63) is 108 Å². The Labute approximate surface area is 176 Å².